The van der Waals surface area contributed by atoms with Crippen LogP contribution in [0.2, 0.25) is 5.02 Å². The zero-order valence-electron chi connectivity index (χ0n) is 8.45. The number of rotatable bonds is 2. The molecule has 1 heterocycles. The van der Waals surface area contributed by atoms with E-state index in [1.165, 1.54) is 0 Å². The van der Waals surface area contributed by atoms with Crippen molar-refractivity contribution in [1.29, 1.82) is 0 Å². The largest absolute Gasteiger partial charge is 0.294 e. The number of benzene rings is 1. The number of carbonyl (C=O) groups is 1. The summed E-state index contributed by atoms with van der Waals surface area (Å²) in [6, 6.07) is 7.14. The summed E-state index contributed by atoms with van der Waals surface area (Å²) >= 11 is 5.78. The fourth-order valence-electron chi connectivity index (χ4n) is 1.86. The molecule has 1 saturated heterocycles. The Hall–Kier alpha value is -0.860. The fourth-order valence-corrected chi connectivity index (χ4v) is 1.99. The molecule has 1 aromatic rings. The van der Waals surface area contributed by atoms with E-state index in [-0.39, 0.29) is 11.7 Å². The molecule has 0 aromatic heterocycles. The second-order valence-corrected chi connectivity index (χ2v) is 4.25. The Morgan fingerprint density at radius 1 is 1.20 bits per heavy atom. The molecule has 15 heavy (non-hydrogen) atoms. The Kier molecular flexibility index (Phi) is 3.39. The summed E-state index contributed by atoms with van der Waals surface area (Å²) in [5.41, 5.74) is 0.770. The normalized spacial score (nSPS) is 17.7. The molecule has 0 aliphatic carbocycles. The summed E-state index contributed by atoms with van der Waals surface area (Å²) < 4.78 is 0. The van der Waals surface area contributed by atoms with E-state index < -0.39 is 0 Å². The Morgan fingerprint density at radius 3 is 2.40 bits per heavy atom. The SMILES string of the molecule is O=C(c1ccc(Cl)cc1)C1CC[N]CC1. The number of ketones is 1. The van der Waals surface area contributed by atoms with Gasteiger partial charge in [-0.3, -0.25) is 4.79 Å². The molecule has 0 unspecified atom stereocenters. The second-order valence-electron chi connectivity index (χ2n) is 3.82. The van der Waals surface area contributed by atoms with Gasteiger partial charge in [0.2, 0.25) is 0 Å². The van der Waals surface area contributed by atoms with Gasteiger partial charge < -0.3 is 0 Å². The lowest BCUT2D eigenvalue weighted by Gasteiger charge is -2.20. The maximum absolute atomic E-state index is 12.0. The number of nitrogens with zero attached hydrogens (tertiary/aromatic N) is 1. The number of hydrogen-bond donors (Lipinski definition) is 0. The molecule has 2 nitrogen and oxygen atoms in total. The number of carbonyl (C=O) groups excluding carboxylic acids is 1. The lowest BCUT2D eigenvalue weighted by atomic mass is 9.90. The first-order valence-corrected chi connectivity index (χ1v) is 5.58. The van der Waals surface area contributed by atoms with E-state index in [9.17, 15) is 4.79 Å². The standard InChI is InChI=1S/C12H13ClNO/c13-11-3-1-9(2-4-11)12(15)10-5-7-14-8-6-10/h1-4,10H,5-8H2. The van der Waals surface area contributed by atoms with Crippen molar-refractivity contribution in [1.82, 2.24) is 5.32 Å². The highest BCUT2D eigenvalue weighted by Gasteiger charge is 2.22. The van der Waals surface area contributed by atoms with Gasteiger partial charge in [0.25, 0.3) is 0 Å². The summed E-state index contributed by atoms with van der Waals surface area (Å²) in [5, 5.41) is 4.92. The highest BCUT2D eigenvalue weighted by atomic mass is 35.5. The minimum atomic E-state index is 0.156. The molecule has 0 atom stereocenters. The van der Waals surface area contributed by atoms with Crippen LogP contribution in [0.4, 0.5) is 0 Å². The van der Waals surface area contributed by atoms with E-state index >= 15 is 0 Å². The van der Waals surface area contributed by atoms with Crippen LogP contribution in [-0.4, -0.2) is 18.9 Å². The average Bonchev–Trinajstić information content (AvgIpc) is 2.30. The Balaban J connectivity index is 2.09. The Labute approximate surface area is 94.6 Å². The van der Waals surface area contributed by atoms with Crippen molar-refractivity contribution in [2.45, 2.75) is 12.8 Å². The van der Waals surface area contributed by atoms with E-state index in [2.05, 4.69) is 5.32 Å². The van der Waals surface area contributed by atoms with Crippen molar-refractivity contribution in [2.24, 2.45) is 5.92 Å². The lowest BCUT2D eigenvalue weighted by molar-refractivity contribution is 0.0894. The minimum absolute atomic E-state index is 0.156. The van der Waals surface area contributed by atoms with Crippen LogP contribution in [-0.2, 0) is 0 Å². The summed E-state index contributed by atoms with van der Waals surface area (Å²) in [6.45, 7) is 1.65. The minimum Gasteiger partial charge on any atom is -0.294 e. The predicted octanol–water partition coefficient (Wildman–Crippen LogP) is 2.54. The summed E-state index contributed by atoms with van der Waals surface area (Å²) in [6.07, 6.45) is 1.78. The third-order valence-electron chi connectivity index (χ3n) is 2.77. The lowest BCUT2D eigenvalue weighted by Crippen LogP contribution is -2.27. The van der Waals surface area contributed by atoms with Crippen molar-refractivity contribution in [3.63, 3.8) is 0 Å². The molecule has 0 N–H and O–H groups in total. The number of halogens is 1. The highest BCUT2D eigenvalue weighted by molar-refractivity contribution is 6.30. The van der Waals surface area contributed by atoms with E-state index in [1.807, 2.05) is 0 Å². The molecule has 79 valence electrons. The zero-order valence-corrected chi connectivity index (χ0v) is 9.20. The maximum Gasteiger partial charge on any atom is 0.166 e. The molecule has 1 aliphatic rings. The van der Waals surface area contributed by atoms with Crippen molar-refractivity contribution in [3.8, 4) is 0 Å². The number of piperidine rings is 1. The average molecular weight is 223 g/mol. The van der Waals surface area contributed by atoms with Crippen molar-refractivity contribution < 1.29 is 4.79 Å². The summed E-state index contributed by atoms with van der Waals surface area (Å²) in [4.78, 5) is 12.0. The monoisotopic (exact) mass is 222 g/mol. The first kappa shape index (κ1) is 10.7. The van der Waals surface area contributed by atoms with Gasteiger partial charge in [-0.2, -0.15) is 0 Å². The molecular weight excluding hydrogens is 210 g/mol. The van der Waals surface area contributed by atoms with Gasteiger partial charge in [-0.05, 0) is 37.1 Å². The van der Waals surface area contributed by atoms with E-state index in [0.29, 0.717) is 5.02 Å². The molecule has 1 radical (unpaired) electrons. The van der Waals surface area contributed by atoms with Gasteiger partial charge in [-0.25, -0.2) is 5.32 Å². The van der Waals surface area contributed by atoms with Crippen LogP contribution < -0.4 is 5.32 Å². The zero-order chi connectivity index (χ0) is 10.7. The molecule has 0 saturated carbocycles. The first-order chi connectivity index (χ1) is 7.27. The topological polar surface area (TPSA) is 31.2 Å². The number of hydrogen-bond acceptors (Lipinski definition) is 1. The van der Waals surface area contributed by atoms with Crippen LogP contribution in [0.5, 0.6) is 0 Å². The van der Waals surface area contributed by atoms with Crippen LogP contribution in [0, 0.1) is 5.92 Å². The van der Waals surface area contributed by atoms with Crippen LogP contribution in [0.3, 0.4) is 0 Å². The van der Waals surface area contributed by atoms with Gasteiger partial charge in [-0.1, -0.05) is 11.6 Å². The van der Waals surface area contributed by atoms with Crippen molar-refractivity contribution in [3.05, 3.63) is 34.9 Å². The first-order valence-electron chi connectivity index (χ1n) is 5.20. The van der Waals surface area contributed by atoms with E-state index in [1.54, 1.807) is 24.3 Å². The molecule has 2 rings (SSSR count). The van der Waals surface area contributed by atoms with Crippen molar-refractivity contribution in [2.75, 3.05) is 13.1 Å². The molecule has 1 fully saturated rings. The van der Waals surface area contributed by atoms with E-state index in [4.69, 9.17) is 11.6 Å². The Morgan fingerprint density at radius 2 is 1.80 bits per heavy atom. The van der Waals surface area contributed by atoms with Crippen LogP contribution in [0.15, 0.2) is 24.3 Å². The van der Waals surface area contributed by atoms with Crippen LogP contribution >= 0.6 is 11.6 Å². The van der Waals surface area contributed by atoms with Gasteiger partial charge in [-0.15, -0.1) is 0 Å². The van der Waals surface area contributed by atoms with Gasteiger partial charge in [0, 0.05) is 29.6 Å². The molecule has 0 spiro atoms. The molecule has 3 heteroatoms. The molecular formula is C12H13ClNO. The molecule has 0 bridgehead atoms. The Bertz CT molecular complexity index is 341. The van der Waals surface area contributed by atoms with Gasteiger partial charge in [0.1, 0.15) is 0 Å². The van der Waals surface area contributed by atoms with Crippen LogP contribution in [0.25, 0.3) is 0 Å². The highest BCUT2D eigenvalue weighted by Crippen LogP contribution is 2.19. The molecule has 0 amide bonds. The smallest absolute Gasteiger partial charge is 0.166 e. The van der Waals surface area contributed by atoms with Gasteiger partial charge >= 0.3 is 0 Å². The number of Topliss-reactive ketones (excluding diaryl/α,β-unsaturated/α-hetero) is 1. The molecule has 1 aromatic carbocycles. The third-order valence-corrected chi connectivity index (χ3v) is 3.02. The van der Waals surface area contributed by atoms with Gasteiger partial charge in [0.15, 0.2) is 5.78 Å². The fraction of sp³-hybridized carbons (Fsp3) is 0.417. The molecule has 1 aliphatic heterocycles. The van der Waals surface area contributed by atoms with Crippen LogP contribution in [0.1, 0.15) is 23.2 Å². The van der Waals surface area contributed by atoms with Crippen molar-refractivity contribution >= 4 is 17.4 Å². The quantitative estimate of drug-likeness (QED) is 0.708. The third kappa shape index (κ3) is 2.58. The van der Waals surface area contributed by atoms with E-state index in [0.717, 1.165) is 31.5 Å². The van der Waals surface area contributed by atoms with Gasteiger partial charge in [0.05, 0.1) is 0 Å². The second kappa shape index (κ2) is 4.77. The summed E-state index contributed by atoms with van der Waals surface area (Å²) in [7, 11) is 0. The maximum atomic E-state index is 12.0. The predicted molar refractivity (Wildman–Crippen MR) is 60.4 cm³/mol. The summed E-state index contributed by atoms with van der Waals surface area (Å²) in [5.74, 6) is 0.394.